The minimum atomic E-state index is -4.60. The van der Waals surface area contributed by atoms with Crippen LogP contribution >= 0.6 is 0 Å². The lowest BCUT2D eigenvalue weighted by atomic mass is 9.43. The van der Waals surface area contributed by atoms with Crippen LogP contribution in [0.3, 0.4) is 0 Å². The van der Waals surface area contributed by atoms with Crippen molar-refractivity contribution in [3.63, 3.8) is 0 Å². The monoisotopic (exact) mass is 529 g/mol. The molecule has 4 aliphatic carbocycles. The highest BCUT2D eigenvalue weighted by atomic mass is 32.3. The molecular formula is C26H43NO8S. The molecular weight excluding hydrogens is 486 g/mol. The van der Waals surface area contributed by atoms with Crippen LogP contribution in [0.4, 0.5) is 0 Å². The first kappa shape index (κ1) is 27.8. The SMILES string of the molecule is C[C@H](CCC(=O)NCC(=O)O)[C@H]1CC[C@H]2[C@@H]3[C@H](OS(=O)(=O)O)C[C@@H]4C[C@H](O)CC[C@]4(C)[C@H]3CC[C@]12C. The molecule has 0 unspecified atom stereocenters. The average molecular weight is 530 g/mol. The van der Waals surface area contributed by atoms with Gasteiger partial charge in [0.25, 0.3) is 0 Å². The van der Waals surface area contributed by atoms with Crippen LogP contribution < -0.4 is 5.32 Å². The van der Waals surface area contributed by atoms with Gasteiger partial charge in [-0.3, -0.25) is 14.1 Å². The molecule has 4 saturated carbocycles. The van der Waals surface area contributed by atoms with E-state index in [2.05, 4.69) is 26.1 Å². The Hall–Kier alpha value is -1.23. The Kier molecular flexibility index (Phi) is 7.84. The number of carboxylic acids is 1. The Morgan fingerprint density at radius 2 is 1.72 bits per heavy atom. The van der Waals surface area contributed by atoms with Crippen molar-refractivity contribution in [2.75, 3.05) is 6.54 Å². The smallest absolute Gasteiger partial charge is 0.397 e. The Morgan fingerprint density at radius 3 is 2.39 bits per heavy atom. The number of amides is 1. The molecule has 0 bridgehead atoms. The molecule has 206 valence electrons. The summed E-state index contributed by atoms with van der Waals surface area (Å²) in [6, 6.07) is 0. The van der Waals surface area contributed by atoms with Gasteiger partial charge in [0.05, 0.1) is 12.2 Å². The van der Waals surface area contributed by atoms with Crippen molar-refractivity contribution in [2.45, 2.75) is 97.2 Å². The molecule has 9 nitrogen and oxygen atoms in total. The highest BCUT2D eigenvalue weighted by molar-refractivity contribution is 7.80. The highest BCUT2D eigenvalue weighted by Gasteiger charge is 2.63. The number of rotatable bonds is 8. The van der Waals surface area contributed by atoms with Crippen LogP contribution in [0.15, 0.2) is 0 Å². The molecule has 0 saturated heterocycles. The number of aliphatic hydroxyl groups is 1. The molecule has 0 aromatic carbocycles. The molecule has 4 fully saturated rings. The molecule has 10 heteroatoms. The largest absolute Gasteiger partial charge is 0.480 e. The van der Waals surface area contributed by atoms with E-state index in [-0.39, 0.29) is 65.4 Å². The number of fused-ring (bicyclic) bond motifs is 5. The summed E-state index contributed by atoms with van der Waals surface area (Å²) in [7, 11) is -4.60. The van der Waals surface area contributed by atoms with Crippen molar-refractivity contribution in [1.82, 2.24) is 5.32 Å². The van der Waals surface area contributed by atoms with Crippen molar-refractivity contribution in [1.29, 1.82) is 0 Å². The zero-order chi connectivity index (χ0) is 26.5. The molecule has 10 atom stereocenters. The molecule has 0 aromatic rings. The van der Waals surface area contributed by atoms with Crippen LogP contribution in [-0.2, 0) is 24.2 Å². The zero-order valence-electron chi connectivity index (χ0n) is 21.7. The molecule has 0 aliphatic heterocycles. The second-order valence-corrected chi connectivity index (χ2v) is 13.7. The van der Waals surface area contributed by atoms with Crippen LogP contribution in [-0.4, -0.2) is 53.8 Å². The standard InChI is InChI=1S/C26H43NO8S/c1-15(4-7-22(29)27-14-23(30)31)18-5-6-19-24-20(9-11-26(18,19)3)25(2)10-8-17(28)12-16(25)13-21(24)35-36(32,33)34/h15-21,24,28H,4-14H2,1-3H3,(H,27,29)(H,30,31)(H,32,33,34)/t15-,16+,17-,18-,19+,20+,21-,24+,25+,26-/m1/s1. The summed E-state index contributed by atoms with van der Waals surface area (Å²) in [6.07, 6.45) is 6.84. The minimum Gasteiger partial charge on any atom is -0.480 e. The first-order valence-electron chi connectivity index (χ1n) is 13.6. The van der Waals surface area contributed by atoms with E-state index >= 15 is 0 Å². The second-order valence-electron chi connectivity index (χ2n) is 12.6. The Balaban J connectivity index is 1.53. The topological polar surface area (TPSA) is 150 Å². The predicted molar refractivity (Wildman–Crippen MR) is 132 cm³/mol. The summed E-state index contributed by atoms with van der Waals surface area (Å²) >= 11 is 0. The van der Waals surface area contributed by atoms with Crippen LogP contribution in [0.5, 0.6) is 0 Å². The number of hydrogen-bond acceptors (Lipinski definition) is 6. The molecule has 0 heterocycles. The van der Waals surface area contributed by atoms with Gasteiger partial charge in [-0.15, -0.1) is 0 Å². The van der Waals surface area contributed by atoms with E-state index in [1.54, 1.807) is 0 Å². The minimum absolute atomic E-state index is 0.0175. The van der Waals surface area contributed by atoms with Gasteiger partial charge in [0.1, 0.15) is 6.54 Å². The van der Waals surface area contributed by atoms with Gasteiger partial charge in [-0.1, -0.05) is 20.8 Å². The van der Waals surface area contributed by atoms with Gasteiger partial charge in [0.15, 0.2) is 0 Å². The average Bonchev–Trinajstić information content (AvgIpc) is 3.13. The van der Waals surface area contributed by atoms with Gasteiger partial charge in [-0.05, 0) is 104 Å². The van der Waals surface area contributed by atoms with E-state index in [0.717, 1.165) is 38.5 Å². The number of nitrogens with one attached hydrogen (secondary N) is 1. The predicted octanol–water partition coefficient (Wildman–Crippen LogP) is 3.42. The number of carbonyl (C=O) groups excluding carboxylic acids is 1. The molecule has 36 heavy (non-hydrogen) atoms. The Morgan fingerprint density at radius 1 is 1.06 bits per heavy atom. The first-order valence-corrected chi connectivity index (χ1v) is 14.9. The second kappa shape index (κ2) is 10.2. The van der Waals surface area contributed by atoms with E-state index in [1.807, 2.05) is 0 Å². The molecule has 0 spiro atoms. The zero-order valence-corrected chi connectivity index (χ0v) is 22.5. The molecule has 4 aliphatic rings. The van der Waals surface area contributed by atoms with E-state index < -0.39 is 22.5 Å². The fourth-order valence-corrected chi connectivity index (χ4v) is 9.75. The lowest BCUT2D eigenvalue weighted by molar-refractivity contribution is -0.168. The lowest BCUT2D eigenvalue weighted by Crippen LogP contribution is -2.59. The van der Waals surface area contributed by atoms with Crippen molar-refractivity contribution in [3.8, 4) is 0 Å². The molecule has 1 amide bonds. The maximum atomic E-state index is 12.1. The summed E-state index contributed by atoms with van der Waals surface area (Å²) in [5, 5.41) is 21.6. The Bertz CT molecular complexity index is 956. The van der Waals surface area contributed by atoms with E-state index in [4.69, 9.17) is 9.29 Å². The van der Waals surface area contributed by atoms with Gasteiger partial charge < -0.3 is 15.5 Å². The van der Waals surface area contributed by atoms with Gasteiger partial charge in [0.2, 0.25) is 5.91 Å². The molecule has 4 rings (SSSR count). The summed E-state index contributed by atoms with van der Waals surface area (Å²) in [5.41, 5.74) is 0.00651. The number of aliphatic carboxylic acids is 1. The third-order valence-electron chi connectivity index (χ3n) is 10.9. The van der Waals surface area contributed by atoms with Crippen LogP contribution in [0.1, 0.15) is 85.0 Å². The number of carboxylic acid groups (broad SMARTS) is 1. The first-order chi connectivity index (χ1) is 16.7. The molecule has 4 N–H and O–H groups in total. The summed E-state index contributed by atoms with van der Waals surface area (Å²) in [4.78, 5) is 22.8. The maximum absolute atomic E-state index is 12.1. The fraction of sp³-hybridized carbons (Fsp3) is 0.923. The highest BCUT2D eigenvalue weighted by Crippen LogP contribution is 2.68. The normalized spacial score (nSPS) is 43.1. The third kappa shape index (κ3) is 5.33. The number of carbonyl (C=O) groups is 2. The van der Waals surface area contributed by atoms with Gasteiger partial charge in [-0.25, -0.2) is 4.18 Å². The van der Waals surface area contributed by atoms with Crippen molar-refractivity contribution in [3.05, 3.63) is 0 Å². The van der Waals surface area contributed by atoms with E-state index in [0.29, 0.717) is 25.2 Å². The molecule has 0 aromatic heterocycles. The molecule has 0 radical (unpaired) electrons. The third-order valence-corrected chi connectivity index (χ3v) is 11.4. The van der Waals surface area contributed by atoms with Gasteiger partial charge in [-0.2, -0.15) is 8.42 Å². The maximum Gasteiger partial charge on any atom is 0.397 e. The number of hydrogen-bond donors (Lipinski definition) is 4. The number of aliphatic hydroxyl groups excluding tert-OH is 1. The fourth-order valence-electron chi connectivity index (χ4n) is 9.23. The van der Waals surface area contributed by atoms with Crippen LogP contribution in [0.25, 0.3) is 0 Å². The van der Waals surface area contributed by atoms with E-state index in [1.165, 1.54) is 0 Å². The van der Waals surface area contributed by atoms with Crippen molar-refractivity contribution >= 4 is 22.3 Å². The quantitative estimate of drug-likeness (QED) is 0.349. The van der Waals surface area contributed by atoms with Crippen LogP contribution in [0, 0.1) is 46.3 Å². The van der Waals surface area contributed by atoms with E-state index in [9.17, 15) is 27.7 Å². The van der Waals surface area contributed by atoms with Gasteiger partial charge in [0, 0.05) is 6.42 Å². The van der Waals surface area contributed by atoms with Crippen molar-refractivity contribution in [2.24, 2.45) is 46.3 Å². The summed E-state index contributed by atoms with van der Waals surface area (Å²) in [5.74, 6) is 0.0742. The van der Waals surface area contributed by atoms with Crippen molar-refractivity contribution < 1.29 is 37.0 Å². The Labute approximate surface area is 214 Å². The summed E-state index contributed by atoms with van der Waals surface area (Å²) < 4.78 is 38.8. The van der Waals surface area contributed by atoms with Gasteiger partial charge >= 0.3 is 16.4 Å². The van der Waals surface area contributed by atoms with Crippen LogP contribution in [0.2, 0.25) is 0 Å². The summed E-state index contributed by atoms with van der Waals surface area (Å²) in [6.45, 7) is 6.43. The lowest BCUT2D eigenvalue weighted by Gasteiger charge is -2.62.